The Labute approximate surface area is 423 Å². The SMILES string of the molecule is CC(C)C[C@H](NC(=O)[C@H](CCC(=O)OCC(=O)NCC[C@@H](N)C(=O)N[C@@H](C)C(=O)NCC(=O)NCC(N)=O)NC(=O)[C@@H](NC(=O)[C@@H](NC(=O)OCC1c2ccccc2-c2ccccc21)C(C)C)C(C)C)C(=O)O. The highest BCUT2D eigenvalue weighted by atomic mass is 16.5. The third-order valence-corrected chi connectivity index (χ3v) is 11.5. The molecule has 0 aliphatic heterocycles. The largest absolute Gasteiger partial charge is 0.480 e. The zero-order valence-electron chi connectivity index (χ0n) is 42.2. The lowest BCUT2D eigenvalue weighted by atomic mass is 9.98. The van der Waals surface area contributed by atoms with Crippen LogP contribution in [0.5, 0.6) is 0 Å². The van der Waals surface area contributed by atoms with E-state index in [1.165, 1.54) is 6.92 Å². The van der Waals surface area contributed by atoms with Gasteiger partial charge in [0.05, 0.1) is 19.1 Å². The number of aliphatic carboxylic acids is 1. The van der Waals surface area contributed by atoms with Gasteiger partial charge in [0.25, 0.3) is 5.91 Å². The number of alkyl carbamates (subject to hydrolysis) is 1. The molecule has 73 heavy (non-hydrogen) atoms. The van der Waals surface area contributed by atoms with Gasteiger partial charge in [0.2, 0.25) is 41.4 Å². The Hall–Kier alpha value is -7.63. The fourth-order valence-electron chi connectivity index (χ4n) is 7.56. The van der Waals surface area contributed by atoms with E-state index in [0.717, 1.165) is 22.3 Å². The molecule has 3 rings (SSSR count). The second-order valence-corrected chi connectivity index (χ2v) is 18.6. The Balaban J connectivity index is 1.58. The molecule has 24 nitrogen and oxygen atoms in total. The van der Waals surface area contributed by atoms with Gasteiger partial charge in [-0.2, -0.15) is 0 Å². The number of hydrogen-bond donors (Lipinski definition) is 11. The third kappa shape index (κ3) is 19.5. The van der Waals surface area contributed by atoms with Gasteiger partial charge in [-0.3, -0.25) is 43.2 Å². The Morgan fingerprint density at radius 1 is 0.603 bits per heavy atom. The molecule has 1 aliphatic rings. The Morgan fingerprint density at radius 2 is 1.16 bits per heavy atom. The molecule has 13 N–H and O–H groups in total. The molecule has 6 atom stereocenters. The van der Waals surface area contributed by atoms with Gasteiger partial charge in [-0.1, -0.05) is 90.1 Å². The molecule has 400 valence electrons. The number of primary amides is 1. The summed E-state index contributed by atoms with van der Waals surface area (Å²) in [6.07, 6.45) is -1.90. The molecule has 0 saturated carbocycles. The number of nitrogens with two attached hydrogens (primary N) is 2. The molecule has 0 saturated heterocycles. The average molecular weight is 1020 g/mol. The van der Waals surface area contributed by atoms with E-state index in [4.69, 9.17) is 20.9 Å². The summed E-state index contributed by atoms with van der Waals surface area (Å²) in [6.45, 7) is 9.60. The van der Waals surface area contributed by atoms with Crippen LogP contribution in [-0.2, 0) is 57.4 Å². The lowest BCUT2D eigenvalue weighted by molar-refractivity contribution is -0.149. The van der Waals surface area contributed by atoms with Crippen LogP contribution in [0.4, 0.5) is 4.79 Å². The van der Waals surface area contributed by atoms with E-state index in [9.17, 15) is 57.8 Å². The monoisotopic (exact) mass is 1020 g/mol. The van der Waals surface area contributed by atoms with Crippen LogP contribution in [-0.4, -0.2) is 139 Å². The van der Waals surface area contributed by atoms with Crippen molar-refractivity contribution in [3.63, 3.8) is 0 Å². The summed E-state index contributed by atoms with van der Waals surface area (Å²) in [6, 6.07) is 7.96. The second-order valence-electron chi connectivity index (χ2n) is 18.6. The summed E-state index contributed by atoms with van der Waals surface area (Å²) in [4.78, 5) is 139. The van der Waals surface area contributed by atoms with E-state index in [2.05, 4.69) is 42.5 Å². The molecule has 2 aromatic carbocycles. The van der Waals surface area contributed by atoms with Gasteiger partial charge < -0.3 is 68.6 Å². The van der Waals surface area contributed by atoms with Crippen molar-refractivity contribution in [2.45, 2.75) is 116 Å². The predicted octanol–water partition coefficient (Wildman–Crippen LogP) is -0.830. The van der Waals surface area contributed by atoms with Crippen LogP contribution in [0.3, 0.4) is 0 Å². The number of carbonyl (C=O) groups is 11. The fourth-order valence-corrected chi connectivity index (χ4v) is 7.56. The molecule has 9 amide bonds. The number of esters is 1. The van der Waals surface area contributed by atoms with Gasteiger partial charge >= 0.3 is 18.0 Å². The zero-order chi connectivity index (χ0) is 54.5. The van der Waals surface area contributed by atoms with Crippen molar-refractivity contribution < 1.29 is 67.3 Å². The first kappa shape index (κ1) is 59.7. The first-order chi connectivity index (χ1) is 34.4. The minimum atomic E-state index is -1.53. The quantitative estimate of drug-likeness (QED) is 0.0443. The van der Waals surface area contributed by atoms with E-state index in [0.29, 0.717) is 0 Å². The lowest BCUT2D eigenvalue weighted by Gasteiger charge is -2.29. The van der Waals surface area contributed by atoms with Crippen molar-refractivity contribution in [2.24, 2.45) is 29.2 Å². The molecule has 2 aromatic rings. The number of carboxylic acids is 1. The summed E-state index contributed by atoms with van der Waals surface area (Å²) >= 11 is 0. The number of carbonyl (C=O) groups excluding carboxylic acids is 10. The Morgan fingerprint density at radius 3 is 1.73 bits per heavy atom. The van der Waals surface area contributed by atoms with Crippen LogP contribution in [0, 0.1) is 17.8 Å². The number of benzene rings is 2. The van der Waals surface area contributed by atoms with Crippen molar-refractivity contribution in [3.8, 4) is 11.1 Å². The predicted molar refractivity (Wildman–Crippen MR) is 263 cm³/mol. The minimum absolute atomic E-state index is 0.00861. The highest BCUT2D eigenvalue weighted by molar-refractivity contribution is 5.96. The maximum atomic E-state index is 13.9. The molecule has 0 spiro atoms. The number of carboxylic acid groups (broad SMARTS) is 1. The van der Waals surface area contributed by atoms with E-state index in [1.807, 2.05) is 48.5 Å². The van der Waals surface area contributed by atoms with Gasteiger partial charge in [-0.25, -0.2) is 9.59 Å². The summed E-state index contributed by atoms with van der Waals surface area (Å²) < 4.78 is 10.7. The molecule has 0 bridgehead atoms. The minimum Gasteiger partial charge on any atom is -0.480 e. The molecular weight excluding hydrogens is 953 g/mol. The van der Waals surface area contributed by atoms with Crippen LogP contribution >= 0.6 is 0 Å². The maximum absolute atomic E-state index is 13.9. The van der Waals surface area contributed by atoms with Crippen LogP contribution in [0.2, 0.25) is 0 Å². The number of nitrogens with one attached hydrogen (secondary N) is 8. The summed E-state index contributed by atoms with van der Waals surface area (Å²) in [7, 11) is 0. The second kappa shape index (κ2) is 29.0. The van der Waals surface area contributed by atoms with Crippen molar-refractivity contribution in [2.75, 3.05) is 32.8 Å². The summed E-state index contributed by atoms with van der Waals surface area (Å²) in [5.41, 5.74) is 14.9. The van der Waals surface area contributed by atoms with Crippen molar-refractivity contribution in [1.82, 2.24) is 42.5 Å². The summed E-state index contributed by atoms with van der Waals surface area (Å²) in [5.74, 6) is -10.0. The topological polar surface area (TPSA) is 375 Å². The molecule has 0 unspecified atom stereocenters. The van der Waals surface area contributed by atoms with E-state index < -0.39 is 146 Å². The Bertz CT molecular complexity index is 2280. The molecule has 0 aromatic heterocycles. The van der Waals surface area contributed by atoms with Gasteiger partial charge in [-0.15, -0.1) is 0 Å². The first-order valence-electron chi connectivity index (χ1n) is 24.0. The van der Waals surface area contributed by atoms with Crippen LogP contribution in [0.25, 0.3) is 11.1 Å². The number of amides is 9. The molecule has 1 aliphatic carbocycles. The molecule has 0 radical (unpaired) electrons. The van der Waals surface area contributed by atoms with Crippen molar-refractivity contribution >= 4 is 65.3 Å². The number of ether oxygens (including phenoxy) is 2. The van der Waals surface area contributed by atoms with Crippen LogP contribution in [0.15, 0.2) is 48.5 Å². The highest BCUT2D eigenvalue weighted by Gasteiger charge is 2.35. The van der Waals surface area contributed by atoms with Gasteiger partial charge in [0.15, 0.2) is 6.61 Å². The Kier molecular flexibility index (Phi) is 23.7. The lowest BCUT2D eigenvalue weighted by Crippen LogP contribution is -2.59. The maximum Gasteiger partial charge on any atom is 0.407 e. The van der Waals surface area contributed by atoms with E-state index in [-0.39, 0.29) is 37.8 Å². The number of hydrogen-bond acceptors (Lipinski definition) is 14. The van der Waals surface area contributed by atoms with Crippen LogP contribution in [0.1, 0.15) is 91.2 Å². The smallest absolute Gasteiger partial charge is 0.407 e. The van der Waals surface area contributed by atoms with E-state index in [1.54, 1.807) is 41.5 Å². The molecule has 0 heterocycles. The number of rotatable bonds is 29. The zero-order valence-corrected chi connectivity index (χ0v) is 42.2. The van der Waals surface area contributed by atoms with Gasteiger partial charge in [-0.05, 0) is 66.2 Å². The van der Waals surface area contributed by atoms with Crippen LogP contribution < -0.4 is 54.0 Å². The molecule has 0 fully saturated rings. The first-order valence-corrected chi connectivity index (χ1v) is 24.0. The van der Waals surface area contributed by atoms with E-state index >= 15 is 0 Å². The van der Waals surface area contributed by atoms with Gasteiger partial charge in [0, 0.05) is 18.9 Å². The normalized spacial score (nSPS) is 14.1. The third-order valence-electron chi connectivity index (χ3n) is 11.5. The standard InChI is InChI=1S/C49H70N10O14/c1-25(2)20-36(48(69)70)57-45(66)35(16-17-40(63)72-24-39(62)52-19-18-34(50)44(65)55-28(7)43(64)54-22-38(61)53-21-37(51)60)56-46(67)41(26(3)4)58-47(68)42(27(5)6)59-49(71)73-23-33-31-14-10-8-12-29(31)30-13-9-11-15-32(30)33/h8-15,25-28,33-36,41-42H,16-24,50H2,1-7H3,(H2,51,60)(H,52,62)(H,53,61)(H,54,64)(H,55,65)(H,56,67)(H,57,66)(H,58,68)(H,59,71)(H,69,70)/t28-,34+,35-,36-,41-,42-/m0/s1. The highest BCUT2D eigenvalue weighted by Crippen LogP contribution is 2.44. The van der Waals surface area contributed by atoms with Gasteiger partial charge in [0.1, 0.15) is 36.8 Å². The molecular formula is C49H70N10O14. The number of fused-ring (bicyclic) bond motifs is 3. The molecule has 24 heteroatoms. The summed E-state index contributed by atoms with van der Waals surface area (Å²) in [5, 5.41) is 29.3. The fraction of sp³-hybridized carbons (Fsp3) is 0.531. The van der Waals surface area contributed by atoms with Crippen molar-refractivity contribution in [3.05, 3.63) is 59.7 Å². The van der Waals surface area contributed by atoms with Crippen molar-refractivity contribution in [1.29, 1.82) is 0 Å². The average Bonchev–Trinajstić information content (AvgIpc) is 3.65.